The molecule has 18 heavy (non-hydrogen) atoms. The fourth-order valence-electron chi connectivity index (χ4n) is 1.30. The van der Waals surface area contributed by atoms with Crippen LogP contribution in [0.1, 0.15) is 23.7 Å². The Bertz CT molecular complexity index is 468. The lowest BCUT2D eigenvalue weighted by atomic mass is 10.2. The minimum Gasteiger partial charge on any atom is -0.478 e. The second kappa shape index (κ2) is 6.70. The van der Waals surface area contributed by atoms with Gasteiger partial charge in [-0.05, 0) is 18.6 Å². The molecule has 0 aliphatic rings. The number of hydrogen-bond acceptors (Lipinski definition) is 4. The minimum absolute atomic E-state index is 0.0463. The predicted octanol–water partition coefficient (Wildman–Crippen LogP) is 2.00. The van der Waals surface area contributed by atoms with Crippen molar-refractivity contribution in [2.24, 2.45) is 0 Å². The molecule has 2 unspecified atom stereocenters. The highest BCUT2D eigenvalue weighted by Gasteiger charge is 2.12. The smallest absolute Gasteiger partial charge is 0.339 e. The number of aromatic nitrogens is 1. The van der Waals surface area contributed by atoms with Crippen molar-refractivity contribution in [3.05, 3.63) is 22.8 Å². The summed E-state index contributed by atoms with van der Waals surface area (Å²) < 4.78 is 11.2. The third-order valence-corrected chi connectivity index (χ3v) is 4.08. The van der Waals surface area contributed by atoms with E-state index in [1.165, 1.54) is 12.1 Å². The minimum atomic E-state index is -1.06. The van der Waals surface area contributed by atoms with E-state index in [4.69, 9.17) is 16.7 Å². The first kappa shape index (κ1) is 14.9. The molecular formula is C11H15ClN2O3S. The molecule has 7 heteroatoms. The van der Waals surface area contributed by atoms with Crippen molar-refractivity contribution in [3.63, 3.8) is 0 Å². The van der Waals surface area contributed by atoms with E-state index in [-0.39, 0.29) is 21.8 Å². The highest BCUT2D eigenvalue weighted by atomic mass is 35.5. The number of nitrogens with zero attached hydrogens (tertiary/aromatic N) is 1. The second-order valence-corrected chi connectivity index (χ2v) is 6.05. The van der Waals surface area contributed by atoms with Crippen molar-refractivity contribution in [2.75, 3.05) is 18.1 Å². The number of aromatic carboxylic acids is 1. The third kappa shape index (κ3) is 4.27. The maximum atomic E-state index is 11.2. The molecule has 0 saturated heterocycles. The van der Waals surface area contributed by atoms with Crippen molar-refractivity contribution in [2.45, 2.75) is 18.6 Å². The van der Waals surface area contributed by atoms with Gasteiger partial charge < -0.3 is 10.4 Å². The molecule has 2 atom stereocenters. The van der Waals surface area contributed by atoms with Crippen molar-refractivity contribution in [1.29, 1.82) is 0 Å². The summed E-state index contributed by atoms with van der Waals surface area (Å²) in [7, 11) is -0.890. The van der Waals surface area contributed by atoms with Gasteiger partial charge in [0.05, 0.1) is 0 Å². The summed E-state index contributed by atoms with van der Waals surface area (Å²) in [5, 5.41) is 12.2. The fourth-order valence-corrected chi connectivity index (χ4v) is 1.90. The number of hydrogen-bond donors (Lipinski definition) is 2. The van der Waals surface area contributed by atoms with E-state index >= 15 is 0 Å². The van der Waals surface area contributed by atoms with Gasteiger partial charge in [-0.25, -0.2) is 9.78 Å². The monoisotopic (exact) mass is 290 g/mol. The Morgan fingerprint density at radius 3 is 2.83 bits per heavy atom. The van der Waals surface area contributed by atoms with Crippen LogP contribution in [0, 0.1) is 0 Å². The number of halogens is 1. The number of carbonyl (C=O) groups is 1. The quantitative estimate of drug-likeness (QED) is 0.784. The lowest BCUT2D eigenvalue weighted by Gasteiger charge is -2.11. The normalized spacial score (nSPS) is 13.9. The van der Waals surface area contributed by atoms with Crippen LogP contribution in [0.5, 0.6) is 0 Å². The molecule has 0 saturated carbocycles. The summed E-state index contributed by atoms with van der Waals surface area (Å²) in [6, 6.07) is 2.83. The molecule has 0 amide bonds. The van der Waals surface area contributed by atoms with E-state index in [2.05, 4.69) is 10.3 Å². The molecule has 1 aromatic rings. The topological polar surface area (TPSA) is 79.3 Å². The average molecular weight is 291 g/mol. The van der Waals surface area contributed by atoms with Crippen LogP contribution in [0.25, 0.3) is 0 Å². The summed E-state index contributed by atoms with van der Waals surface area (Å²) in [5.74, 6) is -0.821. The Kier molecular flexibility index (Phi) is 5.55. The number of carboxylic acid groups (broad SMARTS) is 1. The molecule has 1 rings (SSSR count). The highest BCUT2D eigenvalue weighted by molar-refractivity contribution is 7.84. The van der Waals surface area contributed by atoms with Crippen LogP contribution < -0.4 is 5.32 Å². The van der Waals surface area contributed by atoms with Gasteiger partial charge in [-0.1, -0.05) is 18.5 Å². The van der Waals surface area contributed by atoms with E-state index in [0.717, 1.165) is 0 Å². The van der Waals surface area contributed by atoms with Gasteiger partial charge in [0.2, 0.25) is 0 Å². The molecule has 0 fully saturated rings. The van der Waals surface area contributed by atoms with Crippen LogP contribution in [0.4, 0.5) is 5.82 Å². The van der Waals surface area contributed by atoms with E-state index in [9.17, 15) is 9.00 Å². The zero-order valence-corrected chi connectivity index (χ0v) is 11.7. The van der Waals surface area contributed by atoms with Crippen LogP contribution in [0.3, 0.4) is 0 Å². The SMILES string of the molecule is CC(CCNc1nc(Cl)ccc1C(=O)O)S(C)=O. The van der Waals surface area contributed by atoms with Crippen molar-refractivity contribution < 1.29 is 14.1 Å². The van der Waals surface area contributed by atoms with Gasteiger partial charge >= 0.3 is 5.97 Å². The largest absolute Gasteiger partial charge is 0.478 e. The molecule has 2 N–H and O–H groups in total. The molecule has 0 aliphatic carbocycles. The fraction of sp³-hybridized carbons (Fsp3) is 0.455. The molecule has 5 nitrogen and oxygen atoms in total. The summed E-state index contributed by atoms with van der Waals surface area (Å²) in [6.45, 7) is 2.37. The zero-order valence-electron chi connectivity index (χ0n) is 10.1. The number of nitrogens with one attached hydrogen (secondary N) is 1. The van der Waals surface area contributed by atoms with Gasteiger partial charge in [-0.2, -0.15) is 0 Å². The predicted molar refractivity (Wildman–Crippen MR) is 72.8 cm³/mol. The molecule has 1 heterocycles. The highest BCUT2D eigenvalue weighted by Crippen LogP contribution is 2.16. The Balaban J connectivity index is 2.69. The van der Waals surface area contributed by atoms with Crippen molar-refractivity contribution >= 4 is 34.2 Å². The summed E-state index contributed by atoms with van der Waals surface area (Å²) in [4.78, 5) is 14.9. The number of pyridine rings is 1. The summed E-state index contributed by atoms with van der Waals surface area (Å²) >= 11 is 5.72. The lowest BCUT2D eigenvalue weighted by molar-refractivity contribution is 0.0697. The van der Waals surface area contributed by atoms with Gasteiger partial charge in [-0.3, -0.25) is 4.21 Å². The van der Waals surface area contributed by atoms with Crippen molar-refractivity contribution in [3.8, 4) is 0 Å². The molecule has 0 radical (unpaired) electrons. The molecule has 1 aromatic heterocycles. The molecule has 0 spiro atoms. The van der Waals surface area contributed by atoms with Crippen molar-refractivity contribution in [1.82, 2.24) is 4.98 Å². The van der Waals surface area contributed by atoms with Crippen LogP contribution in [0.2, 0.25) is 5.15 Å². The molecule has 100 valence electrons. The van der Waals surface area contributed by atoms with Gasteiger partial charge in [0, 0.05) is 28.9 Å². The second-order valence-electron chi connectivity index (χ2n) is 3.86. The lowest BCUT2D eigenvalue weighted by Crippen LogP contribution is -2.16. The van der Waals surface area contributed by atoms with Crippen LogP contribution >= 0.6 is 11.6 Å². The third-order valence-electron chi connectivity index (χ3n) is 2.50. The van der Waals surface area contributed by atoms with Gasteiger partial charge in [0.25, 0.3) is 0 Å². The molecule has 0 aromatic carbocycles. The standard InChI is InChI=1S/C11H15ClN2O3S/c1-7(18(2)17)5-6-13-10-8(11(15)16)3-4-9(12)14-10/h3-4,7H,5-6H2,1-2H3,(H,13,14)(H,15,16). The number of rotatable bonds is 6. The maximum Gasteiger partial charge on any atom is 0.339 e. The van der Waals surface area contributed by atoms with E-state index < -0.39 is 16.8 Å². The molecular weight excluding hydrogens is 276 g/mol. The van der Waals surface area contributed by atoms with Gasteiger partial charge in [-0.15, -0.1) is 0 Å². The molecule has 0 aliphatic heterocycles. The number of anilines is 1. The van der Waals surface area contributed by atoms with E-state index in [1.54, 1.807) is 6.26 Å². The first-order valence-corrected chi connectivity index (χ1v) is 7.37. The summed E-state index contributed by atoms with van der Waals surface area (Å²) in [6.07, 6.45) is 2.31. The Morgan fingerprint density at radius 1 is 1.61 bits per heavy atom. The average Bonchev–Trinajstić information content (AvgIpc) is 2.28. The zero-order chi connectivity index (χ0) is 13.7. The van der Waals surface area contributed by atoms with E-state index in [0.29, 0.717) is 13.0 Å². The number of carboxylic acids is 1. The van der Waals surface area contributed by atoms with E-state index in [1.807, 2.05) is 6.92 Å². The van der Waals surface area contributed by atoms with Crippen LogP contribution in [-0.4, -0.2) is 38.3 Å². The van der Waals surface area contributed by atoms with Gasteiger partial charge in [0.15, 0.2) is 0 Å². The first-order chi connectivity index (χ1) is 8.41. The van der Waals surface area contributed by atoms with Crippen LogP contribution in [0.15, 0.2) is 12.1 Å². The van der Waals surface area contributed by atoms with Crippen LogP contribution in [-0.2, 0) is 10.8 Å². The Hall–Kier alpha value is -1.14. The summed E-state index contributed by atoms with van der Waals surface area (Å²) in [5.41, 5.74) is 0.0738. The molecule has 0 bridgehead atoms. The van der Waals surface area contributed by atoms with Gasteiger partial charge in [0.1, 0.15) is 16.5 Å². The Labute approximate surface area is 113 Å². The Morgan fingerprint density at radius 2 is 2.28 bits per heavy atom. The first-order valence-electron chi connectivity index (χ1n) is 5.37. The maximum absolute atomic E-state index is 11.2.